The van der Waals surface area contributed by atoms with Crippen molar-refractivity contribution in [3.8, 4) is 0 Å². The number of benzene rings is 1. The van der Waals surface area contributed by atoms with E-state index in [0.29, 0.717) is 11.5 Å². The van der Waals surface area contributed by atoms with Crippen LogP contribution in [0.3, 0.4) is 0 Å². The highest BCUT2D eigenvalue weighted by molar-refractivity contribution is 6.04. The van der Waals surface area contributed by atoms with Crippen LogP contribution in [0.5, 0.6) is 0 Å². The Hall–Kier alpha value is -2.43. The molecule has 5 heteroatoms. The summed E-state index contributed by atoms with van der Waals surface area (Å²) in [7, 11) is 0. The van der Waals surface area contributed by atoms with Gasteiger partial charge in [0.25, 0.3) is 5.91 Å². The summed E-state index contributed by atoms with van der Waals surface area (Å²) >= 11 is 0. The van der Waals surface area contributed by atoms with E-state index in [4.69, 9.17) is 9.72 Å². The van der Waals surface area contributed by atoms with Gasteiger partial charge in [-0.25, -0.2) is 4.79 Å². The molecule has 0 aliphatic heterocycles. The molecule has 28 heavy (non-hydrogen) atoms. The van der Waals surface area contributed by atoms with Crippen LogP contribution in [0.1, 0.15) is 80.3 Å². The number of fused-ring (bicyclic) bond motifs is 1. The van der Waals surface area contributed by atoms with Crippen LogP contribution in [0.2, 0.25) is 0 Å². The highest BCUT2D eigenvalue weighted by Gasteiger charge is 2.28. The second-order valence-corrected chi connectivity index (χ2v) is 8.13. The molecule has 0 saturated heterocycles. The van der Waals surface area contributed by atoms with E-state index in [9.17, 15) is 9.59 Å². The standard InChI is InChI=1S/C23H28N2O3/c1-15(22(26)24-17-8-4-2-3-5-9-17)28-23(27)19-14-21(16-12-13-16)25-20-11-7-6-10-18(19)20/h6-7,10-11,14-17H,2-5,8-9,12-13H2,1H3,(H,24,26)/t15-/m1/s1. The molecule has 148 valence electrons. The number of pyridine rings is 1. The average molecular weight is 380 g/mol. The van der Waals surface area contributed by atoms with E-state index in [0.717, 1.165) is 55.1 Å². The normalized spacial score (nSPS) is 19.0. The quantitative estimate of drug-likeness (QED) is 0.613. The molecular weight excluding hydrogens is 352 g/mol. The maximum Gasteiger partial charge on any atom is 0.339 e. The molecule has 0 unspecified atom stereocenters. The molecule has 1 amide bonds. The van der Waals surface area contributed by atoms with Crippen molar-refractivity contribution in [2.45, 2.75) is 76.4 Å². The van der Waals surface area contributed by atoms with Gasteiger partial charge >= 0.3 is 5.97 Å². The predicted octanol–water partition coefficient (Wildman–Crippen LogP) is 4.50. The Kier molecular flexibility index (Phi) is 5.60. The Labute approximate surface area is 165 Å². The number of nitrogens with zero attached hydrogens (tertiary/aromatic N) is 1. The molecule has 0 bridgehead atoms. The van der Waals surface area contributed by atoms with Crippen LogP contribution in [0.4, 0.5) is 0 Å². The molecule has 1 aromatic heterocycles. The molecule has 2 aliphatic carbocycles. The van der Waals surface area contributed by atoms with Crippen LogP contribution in [0.25, 0.3) is 10.9 Å². The number of carbonyl (C=O) groups excluding carboxylic acids is 2. The van der Waals surface area contributed by atoms with Gasteiger partial charge in [0.2, 0.25) is 0 Å². The molecule has 2 aromatic rings. The number of aromatic nitrogens is 1. The summed E-state index contributed by atoms with van der Waals surface area (Å²) in [6, 6.07) is 9.65. The fraction of sp³-hybridized carbons (Fsp3) is 0.522. The number of rotatable bonds is 5. The van der Waals surface area contributed by atoms with E-state index in [1.165, 1.54) is 12.8 Å². The summed E-state index contributed by atoms with van der Waals surface area (Å²) in [5, 5.41) is 3.84. The Morgan fingerprint density at radius 1 is 1.07 bits per heavy atom. The van der Waals surface area contributed by atoms with E-state index in [1.54, 1.807) is 6.92 Å². The summed E-state index contributed by atoms with van der Waals surface area (Å²) in [5.41, 5.74) is 2.25. The lowest BCUT2D eigenvalue weighted by Gasteiger charge is -2.20. The van der Waals surface area contributed by atoms with Gasteiger partial charge in [-0.05, 0) is 44.7 Å². The summed E-state index contributed by atoms with van der Waals surface area (Å²) in [6.07, 6.45) is 8.17. The lowest BCUT2D eigenvalue weighted by molar-refractivity contribution is -0.129. The van der Waals surface area contributed by atoms with Gasteiger partial charge in [-0.2, -0.15) is 0 Å². The highest BCUT2D eigenvalue weighted by Crippen LogP contribution is 2.40. The summed E-state index contributed by atoms with van der Waals surface area (Å²) < 4.78 is 5.56. The predicted molar refractivity (Wildman–Crippen MR) is 108 cm³/mol. The number of hydrogen-bond acceptors (Lipinski definition) is 4. The van der Waals surface area contributed by atoms with Crippen molar-refractivity contribution in [3.05, 3.63) is 41.6 Å². The summed E-state index contributed by atoms with van der Waals surface area (Å²) in [6.45, 7) is 1.65. The zero-order chi connectivity index (χ0) is 19.5. The number of amides is 1. The van der Waals surface area contributed by atoms with Crippen molar-refractivity contribution in [3.63, 3.8) is 0 Å². The molecule has 0 radical (unpaired) electrons. The first-order valence-corrected chi connectivity index (χ1v) is 10.5. The third-order valence-electron chi connectivity index (χ3n) is 5.81. The topological polar surface area (TPSA) is 68.3 Å². The van der Waals surface area contributed by atoms with Gasteiger partial charge in [0.1, 0.15) is 0 Å². The van der Waals surface area contributed by atoms with E-state index >= 15 is 0 Å². The van der Waals surface area contributed by atoms with E-state index < -0.39 is 12.1 Å². The maximum absolute atomic E-state index is 12.9. The zero-order valence-corrected chi connectivity index (χ0v) is 16.4. The minimum absolute atomic E-state index is 0.194. The van der Waals surface area contributed by atoms with E-state index in [2.05, 4.69) is 5.32 Å². The van der Waals surface area contributed by atoms with Crippen molar-refractivity contribution in [1.29, 1.82) is 0 Å². The third-order valence-corrected chi connectivity index (χ3v) is 5.81. The minimum Gasteiger partial charge on any atom is -0.449 e. The van der Waals surface area contributed by atoms with Crippen molar-refractivity contribution in [2.24, 2.45) is 0 Å². The smallest absolute Gasteiger partial charge is 0.339 e. The molecule has 1 heterocycles. The number of carbonyl (C=O) groups is 2. The van der Waals surface area contributed by atoms with Crippen molar-refractivity contribution in [2.75, 3.05) is 0 Å². The summed E-state index contributed by atoms with van der Waals surface area (Å²) in [5.74, 6) is -0.225. The van der Waals surface area contributed by atoms with Crippen molar-refractivity contribution in [1.82, 2.24) is 10.3 Å². The van der Waals surface area contributed by atoms with E-state index in [1.807, 2.05) is 30.3 Å². The van der Waals surface area contributed by atoms with Gasteiger partial charge in [-0.3, -0.25) is 9.78 Å². The third kappa shape index (κ3) is 4.34. The van der Waals surface area contributed by atoms with Gasteiger partial charge in [0.15, 0.2) is 6.10 Å². The fourth-order valence-corrected chi connectivity index (χ4v) is 3.97. The molecule has 1 atom stereocenters. The monoisotopic (exact) mass is 380 g/mol. The lowest BCUT2D eigenvalue weighted by atomic mass is 10.1. The molecule has 1 N–H and O–H groups in total. The zero-order valence-electron chi connectivity index (χ0n) is 16.4. The number of para-hydroxylation sites is 1. The molecule has 4 rings (SSSR count). The van der Waals surface area contributed by atoms with Crippen LogP contribution >= 0.6 is 0 Å². The average Bonchev–Trinajstić information content (AvgIpc) is 3.55. The fourth-order valence-electron chi connectivity index (χ4n) is 3.97. The number of esters is 1. The Balaban J connectivity index is 1.47. The Morgan fingerprint density at radius 2 is 1.79 bits per heavy atom. The molecular formula is C23H28N2O3. The van der Waals surface area contributed by atoms with Crippen LogP contribution in [0.15, 0.2) is 30.3 Å². The molecule has 0 spiro atoms. The molecule has 1 aromatic carbocycles. The molecule has 5 nitrogen and oxygen atoms in total. The van der Waals surface area contributed by atoms with Crippen LogP contribution in [-0.4, -0.2) is 29.0 Å². The van der Waals surface area contributed by atoms with Gasteiger partial charge in [0, 0.05) is 23.0 Å². The Morgan fingerprint density at radius 3 is 2.50 bits per heavy atom. The first kappa shape index (κ1) is 18.9. The number of ether oxygens (including phenoxy) is 1. The number of nitrogens with one attached hydrogen (secondary N) is 1. The van der Waals surface area contributed by atoms with E-state index in [-0.39, 0.29) is 11.9 Å². The van der Waals surface area contributed by atoms with Gasteiger partial charge in [-0.15, -0.1) is 0 Å². The van der Waals surface area contributed by atoms with Gasteiger partial charge in [0.05, 0.1) is 11.1 Å². The lowest BCUT2D eigenvalue weighted by Crippen LogP contribution is -2.41. The first-order chi connectivity index (χ1) is 13.6. The second kappa shape index (κ2) is 8.29. The SMILES string of the molecule is C[C@@H](OC(=O)c1cc(C2CC2)nc2ccccc12)C(=O)NC1CCCCCC1. The van der Waals surface area contributed by atoms with Crippen LogP contribution < -0.4 is 5.32 Å². The minimum atomic E-state index is -0.813. The number of hydrogen-bond donors (Lipinski definition) is 1. The molecule has 2 fully saturated rings. The molecule has 2 aliphatic rings. The maximum atomic E-state index is 12.9. The van der Waals surface area contributed by atoms with Crippen LogP contribution in [0, 0.1) is 0 Å². The van der Waals surface area contributed by atoms with Crippen LogP contribution in [-0.2, 0) is 9.53 Å². The highest BCUT2D eigenvalue weighted by atomic mass is 16.5. The summed E-state index contributed by atoms with van der Waals surface area (Å²) in [4.78, 5) is 30.1. The Bertz CT molecular complexity index is 867. The first-order valence-electron chi connectivity index (χ1n) is 10.5. The van der Waals surface area contributed by atoms with Gasteiger partial charge in [-0.1, -0.05) is 43.9 Å². The second-order valence-electron chi connectivity index (χ2n) is 8.13. The van der Waals surface area contributed by atoms with Crippen molar-refractivity contribution < 1.29 is 14.3 Å². The largest absolute Gasteiger partial charge is 0.449 e. The molecule has 2 saturated carbocycles. The van der Waals surface area contributed by atoms with Gasteiger partial charge < -0.3 is 10.1 Å². The van der Waals surface area contributed by atoms with Crippen molar-refractivity contribution >= 4 is 22.8 Å².